The van der Waals surface area contributed by atoms with Crippen molar-refractivity contribution in [2.75, 3.05) is 11.8 Å². The minimum absolute atomic E-state index is 0.236. The molecule has 0 aliphatic heterocycles. The maximum absolute atomic E-state index is 12.6. The van der Waals surface area contributed by atoms with Gasteiger partial charge in [0.1, 0.15) is 5.75 Å². The fourth-order valence-corrected chi connectivity index (χ4v) is 3.61. The summed E-state index contributed by atoms with van der Waals surface area (Å²) in [6.45, 7) is 2.06. The summed E-state index contributed by atoms with van der Waals surface area (Å²) in [5, 5.41) is 1.78. The Morgan fingerprint density at radius 3 is 2.25 bits per heavy atom. The van der Waals surface area contributed by atoms with E-state index < -0.39 is 10.0 Å². The molecule has 0 fully saturated rings. The average molecular weight is 341 g/mol. The van der Waals surface area contributed by atoms with Gasteiger partial charge in [-0.1, -0.05) is 31.2 Å². The van der Waals surface area contributed by atoms with E-state index in [4.69, 9.17) is 4.74 Å². The van der Waals surface area contributed by atoms with Gasteiger partial charge in [-0.25, -0.2) is 8.42 Å². The lowest BCUT2D eigenvalue weighted by Gasteiger charge is -2.10. The Kier molecular flexibility index (Phi) is 4.44. The number of fused-ring (bicyclic) bond motifs is 1. The van der Waals surface area contributed by atoms with E-state index in [1.54, 1.807) is 37.4 Å². The van der Waals surface area contributed by atoms with Crippen LogP contribution in [-0.2, 0) is 16.4 Å². The van der Waals surface area contributed by atoms with Gasteiger partial charge in [0.05, 0.1) is 12.0 Å². The first-order valence-corrected chi connectivity index (χ1v) is 9.20. The summed E-state index contributed by atoms with van der Waals surface area (Å²) < 4.78 is 33.0. The molecule has 0 spiro atoms. The Bertz CT molecular complexity index is 964. The Labute approximate surface area is 142 Å². The van der Waals surface area contributed by atoms with Crippen LogP contribution in [0.5, 0.6) is 5.75 Å². The summed E-state index contributed by atoms with van der Waals surface area (Å²) in [4.78, 5) is 0.236. The van der Waals surface area contributed by atoms with E-state index in [-0.39, 0.29) is 4.90 Å². The standard InChI is InChI=1S/C19H19NO3S/c1-3-14-4-8-17(9-5-14)20-24(21,22)19-11-7-15-12-18(23-2)10-6-16(15)13-19/h4-13,20H,3H2,1-2H3. The molecule has 0 unspecified atom stereocenters. The molecule has 0 atom stereocenters. The largest absolute Gasteiger partial charge is 0.497 e. The van der Waals surface area contributed by atoms with Crippen LogP contribution in [0.25, 0.3) is 10.8 Å². The van der Waals surface area contributed by atoms with Crippen LogP contribution in [0.15, 0.2) is 65.6 Å². The average Bonchev–Trinajstić information content (AvgIpc) is 2.61. The predicted octanol–water partition coefficient (Wildman–Crippen LogP) is 4.21. The lowest BCUT2D eigenvalue weighted by molar-refractivity contribution is 0.415. The number of ether oxygens (including phenoxy) is 1. The monoisotopic (exact) mass is 341 g/mol. The van der Waals surface area contributed by atoms with Gasteiger partial charge >= 0.3 is 0 Å². The van der Waals surface area contributed by atoms with Gasteiger partial charge in [0.25, 0.3) is 10.0 Å². The second-order valence-electron chi connectivity index (χ2n) is 5.53. The topological polar surface area (TPSA) is 55.4 Å². The zero-order chi connectivity index (χ0) is 17.2. The fraction of sp³-hybridized carbons (Fsp3) is 0.158. The molecule has 0 saturated carbocycles. The Morgan fingerprint density at radius 1 is 0.917 bits per heavy atom. The smallest absolute Gasteiger partial charge is 0.261 e. The first-order chi connectivity index (χ1) is 11.5. The summed E-state index contributed by atoms with van der Waals surface area (Å²) >= 11 is 0. The zero-order valence-electron chi connectivity index (χ0n) is 13.6. The van der Waals surface area contributed by atoms with Crippen molar-refractivity contribution in [3.63, 3.8) is 0 Å². The third kappa shape index (κ3) is 3.36. The van der Waals surface area contributed by atoms with E-state index in [9.17, 15) is 8.42 Å². The first-order valence-electron chi connectivity index (χ1n) is 7.71. The Hall–Kier alpha value is -2.53. The first kappa shape index (κ1) is 16.3. The number of aryl methyl sites for hydroxylation is 1. The predicted molar refractivity (Wildman–Crippen MR) is 97.1 cm³/mol. The highest BCUT2D eigenvalue weighted by Gasteiger charge is 2.14. The van der Waals surface area contributed by atoms with Crippen molar-refractivity contribution in [1.82, 2.24) is 0 Å². The quantitative estimate of drug-likeness (QED) is 0.756. The van der Waals surface area contributed by atoms with E-state index in [1.807, 2.05) is 30.3 Å². The number of rotatable bonds is 5. The molecule has 0 heterocycles. The van der Waals surface area contributed by atoms with Crippen LogP contribution in [0.3, 0.4) is 0 Å². The van der Waals surface area contributed by atoms with Crippen LogP contribution in [0.4, 0.5) is 5.69 Å². The van der Waals surface area contributed by atoms with Gasteiger partial charge in [0, 0.05) is 5.69 Å². The highest BCUT2D eigenvalue weighted by molar-refractivity contribution is 7.92. The lowest BCUT2D eigenvalue weighted by atomic mass is 10.1. The minimum atomic E-state index is -3.62. The van der Waals surface area contributed by atoms with Gasteiger partial charge in [-0.2, -0.15) is 0 Å². The highest BCUT2D eigenvalue weighted by Crippen LogP contribution is 2.25. The Morgan fingerprint density at radius 2 is 1.58 bits per heavy atom. The molecule has 0 radical (unpaired) electrons. The van der Waals surface area contributed by atoms with Crippen LogP contribution in [0.1, 0.15) is 12.5 Å². The second kappa shape index (κ2) is 6.53. The molecule has 0 aliphatic rings. The van der Waals surface area contributed by atoms with E-state index in [0.717, 1.165) is 28.5 Å². The summed E-state index contributed by atoms with van der Waals surface area (Å²) in [5.74, 6) is 0.743. The Balaban J connectivity index is 1.92. The molecular weight excluding hydrogens is 322 g/mol. The van der Waals surface area contributed by atoms with E-state index in [0.29, 0.717) is 5.69 Å². The van der Waals surface area contributed by atoms with Gasteiger partial charge in [-0.15, -0.1) is 0 Å². The number of anilines is 1. The van der Waals surface area contributed by atoms with E-state index in [2.05, 4.69) is 11.6 Å². The molecule has 0 aromatic heterocycles. The van der Waals surface area contributed by atoms with Crippen molar-refractivity contribution in [2.45, 2.75) is 18.2 Å². The molecular formula is C19H19NO3S. The van der Waals surface area contributed by atoms with Gasteiger partial charge in [0.2, 0.25) is 0 Å². The van der Waals surface area contributed by atoms with E-state index in [1.165, 1.54) is 0 Å². The van der Waals surface area contributed by atoms with Gasteiger partial charge in [0.15, 0.2) is 0 Å². The lowest BCUT2D eigenvalue weighted by Crippen LogP contribution is -2.12. The van der Waals surface area contributed by atoms with Crippen LogP contribution in [0, 0.1) is 0 Å². The SMILES string of the molecule is CCc1ccc(NS(=O)(=O)c2ccc3cc(OC)ccc3c2)cc1. The number of hydrogen-bond donors (Lipinski definition) is 1. The summed E-state index contributed by atoms with van der Waals surface area (Å²) in [5.41, 5.74) is 1.72. The summed E-state index contributed by atoms with van der Waals surface area (Å²) in [6, 6.07) is 18.0. The van der Waals surface area contributed by atoms with Gasteiger partial charge < -0.3 is 4.74 Å². The van der Waals surface area contributed by atoms with Crippen molar-refractivity contribution >= 4 is 26.5 Å². The van der Waals surface area contributed by atoms with E-state index >= 15 is 0 Å². The van der Waals surface area contributed by atoms with Crippen molar-refractivity contribution in [1.29, 1.82) is 0 Å². The minimum Gasteiger partial charge on any atom is -0.497 e. The molecule has 5 heteroatoms. The molecule has 3 rings (SSSR count). The zero-order valence-corrected chi connectivity index (χ0v) is 14.4. The molecule has 124 valence electrons. The molecule has 4 nitrogen and oxygen atoms in total. The highest BCUT2D eigenvalue weighted by atomic mass is 32.2. The van der Waals surface area contributed by atoms with Crippen molar-refractivity contribution < 1.29 is 13.2 Å². The molecule has 0 amide bonds. The number of sulfonamides is 1. The van der Waals surface area contributed by atoms with Crippen LogP contribution in [-0.4, -0.2) is 15.5 Å². The molecule has 0 bridgehead atoms. The third-order valence-electron chi connectivity index (χ3n) is 3.94. The van der Waals surface area contributed by atoms with Crippen LogP contribution < -0.4 is 9.46 Å². The maximum atomic E-state index is 12.6. The summed E-state index contributed by atoms with van der Waals surface area (Å²) in [7, 11) is -2.02. The normalized spacial score (nSPS) is 11.4. The molecule has 1 N–H and O–H groups in total. The number of hydrogen-bond acceptors (Lipinski definition) is 3. The molecule has 0 saturated heterocycles. The number of benzene rings is 3. The molecule has 0 aliphatic carbocycles. The fourth-order valence-electron chi connectivity index (χ4n) is 2.52. The van der Waals surface area contributed by atoms with Gasteiger partial charge in [-0.05, 0) is 59.2 Å². The second-order valence-corrected chi connectivity index (χ2v) is 7.21. The van der Waals surface area contributed by atoms with Gasteiger partial charge in [-0.3, -0.25) is 4.72 Å². The van der Waals surface area contributed by atoms with Crippen LogP contribution in [0.2, 0.25) is 0 Å². The maximum Gasteiger partial charge on any atom is 0.261 e. The van der Waals surface area contributed by atoms with Crippen molar-refractivity contribution in [2.24, 2.45) is 0 Å². The number of methoxy groups -OCH3 is 1. The third-order valence-corrected chi connectivity index (χ3v) is 5.32. The van der Waals surface area contributed by atoms with Crippen LogP contribution >= 0.6 is 0 Å². The molecule has 3 aromatic rings. The van der Waals surface area contributed by atoms with Crippen molar-refractivity contribution in [3.05, 3.63) is 66.2 Å². The molecule has 3 aromatic carbocycles. The summed E-state index contributed by atoms with van der Waals surface area (Å²) in [6.07, 6.45) is 0.918. The number of nitrogens with one attached hydrogen (secondary N) is 1. The van der Waals surface area contributed by atoms with Crippen molar-refractivity contribution in [3.8, 4) is 5.75 Å². The molecule has 24 heavy (non-hydrogen) atoms.